The monoisotopic (exact) mass is 448 g/mol. The van der Waals surface area contributed by atoms with Crippen LogP contribution in [-0.4, -0.2) is 33.0 Å². The predicted molar refractivity (Wildman–Crippen MR) is 128 cm³/mol. The Morgan fingerprint density at radius 3 is 2.78 bits per heavy atom. The second kappa shape index (κ2) is 10.5. The number of carbonyl (C=O) groups is 1. The van der Waals surface area contributed by atoms with Crippen molar-refractivity contribution in [1.29, 1.82) is 0 Å². The van der Waals surface area contributed by atoms with Crippen molar-refractivity contribution in [2.24, 2.45) is 0 Å². The number of fused-ring (bicyclic) bond motifs is 1. The first-order valence-corrected chi connectivity index (χ1v) is 11.9. The third-order valence-electron chi connectivity index (χ3n) is 5.54. The molecule has 2 heterocycles. The van der Waals surface area contributed by atoms with Crippen LogP contribution in [0.1, 0.15) is 30.3 Å². The first kappa shape index (κ1) is 22.1. The van der Waals surface area contributed by atoms with E-state index < -0.39 is 0 Å². The van der Waals surface area contributed by atoms with Crippen molar-refractivity contribution in [3.05, 3.63) is 78.1 Å². The standard InChI is InChI=1S/C25H28N4O2S/c1-3-15-29-23(17-31-21-13-11-19(4-2)12-14-21)26-27-25(29)32-18-24(30)28-16-7-9-20-8-5-6-10-22(20)28/h3,5-6,8,10-14H,1,4,7,9,15-18H2,2H3. The molecule has 0 aliphatic carbocycles. The number of thioether (sulfide) groups is 1. The molecule has 1 aliphatic rings. The molecule has 1 amide bonds. The van der Waals surface area contributed by atoms with Crippen LogP contribution in [0.25, 0.3) is 0 Å². The Hall–Kier alpha value is -3.06. The Labute approximate surface area is 193 Å². The van der Waals surface area contributed by atoms with E-state index in [-0.39, 0.29) is 5.91 Å². The maximum absolute atomic E-state index is 13.0. The number of amides is 1. The van der Waals surface area contributed by atoms with Gasteiger partial charge in [-0.25, -0.2) is 0 Å². The Balaban J connectivity index is 1.41. The molecule has 0 saturated carbocycles. The number of hydrogen-bond acceptors (Lipinski definition) is 5. The molecule has 0 radical (unpaired) electrons. The van der Waals surface area contributed by atoms with E-state index in [9.17, 15) is 4.79 Å². The van der Waals surface area contributed by atoms with Gasteiger partial charge in [0.25, 0.3) is 0 Å². The van der Waals surface area contributed by atoms with Crippen LogP contribution in [0.4, 0.5) is 5.69 Å². The van der Waals surface area contributed by atoms with Crippen LogP contribution >= 0.6 is 11.8 Å². The summed E-state index contributed by atoms with van der Waals surface area (Å²) in [6, 6.07) is 16.2. The highest BCUT2D eigenvalue weighted by molar-refractivity contribution is 7.99. The molecule has 2 aromatic carbocycles. The van der Waals surface area contributed by atoms with Crippen molar-refractivity contribution >= 4 is 23.4 Å². The number of allylic oxidation sites excluding steroid dienone is 1. The molecule has 0 bridgehead atoms. The predicted octanol–water partition coefficient (Wildman–Crippen LogP) is 4.68. The van der Waals surface area contributed by atoms with Crippen LogP contribution in [0.15, 0.2) is 66.3 Å². The molecule has 166 valence electrons. The molecular formula is C25H28N4O2S. The van der Waals surface area contributed by atoms with Crippen LogP contribution < -0.4 is 9.64 Å². The molecule has 1 aromatic heterocycles. The number of hydrogen-bond donors (Lipinski definition) is 0. The molecule has 4 rings (SSSR count). The van der Waals surface area contributed by atoms with E-state index >= 15 is 0 Å². The number of benzene rings is 2. The molecule has 32 heavy (non-hydrogen) atoms. The fourth-order valence-electron chi connectivity index (χ4n) is 3.81. The summed E-state index contributed by atoms with van der Waals surface area (Å²) in [4.78, 5) is 14.9. The van der Waals surface area contributed by atoms with Gasteiger partial charge in [0.1, 0.15) is 12.4 Å². The largest absolute Gasteiger partial charge is 0.486 e. The molecule has 0 spiro atoms. The first-order valence-electron chi connectivity index (χ1n) is 11.0. The van der Waals surface area contributed by atoms with Gasteiger partial charge < -0.3 is 9.64 Å². The van der Waals surface area contributed by atoms with Gasteiger partial charge in [0.05, 0.1) is 5.75 Å². The number of rotatable bonds is 9. The summed E-state index contributed by atoms with van der Waals surface area (Å²) in [6.07, 6.45) is 4.80. The Bertz CT molecular complexity index is 1080. The van der Waals surface area contributed by atoms with Gasteiger partial charge in [-0.05, 0) is 48.6 Å². The maximum Gasteiger partial charge on any atom is 0.237 e. The summed E-state index contributed by atoms with van der Waals surface area (Å²) in [7, 11) is 0. The highest BCUT2D eigenvalue weighted by Gasteiger charge is 2.23. The fourth-order valence-corrected chi connectivity index (χ4v) is 4.65. The first-order chi connectivity index (χ1) is 15.7. The number of para-hydroxylation sites is 1. The normalized spacial score (nSPS) is 13.0. The summed E-state index contributed by atoms with van der Waals surface area (Å²) in [6.45, 7) is 7.59. The molecule has 0 atom stereocenters. The summed E-state index contributed by atoms with van der Waals surface area (Å²) in [5, 5.41) is 9.32. The molecule has 1 aliphatic heterocycles. The number of anilines is 1. The molecule has 3 aromatic rings. The highest BCUT2D eigenvalue weighted by Crippen LogP contribution is 2.28. The van der Waals surface area contributed by atoms with E-state index in [0.29, 0.717) is 29.9 Å². The smallest absolute Gasteiger partial charge is 0.237 e. The van der Waals surface area contributed by atoms with Gasteiger partial charge in [-0.15, -0.1) is 16.8 Å². The van der Waals surface area contributed by atoms with E-state index in [1.807, 2.05) is 39.8 Å². The van der Waals surface area contributed by atoms with Crippen LogP contribution in [0.3, 0.4) is 0 Å². The average molecular weight is 449 g/mol. The average Bonchev–Trinajstić information content (AvgIpc) is 3.22. The van der Waals surface area contributed by atoms with Crippen molar-refractivity contribution in [1.82, 2.24) is 14.8 Å². The Kier molecular flexibility index (Phi) is 7.27. The minimum Gasteiger partial charge on any atom is -0.486 e. The van der Waals surface area contributed by atoms with Gasteiger partial charge >= 0.3 is 0 Å². The van der Waals surface area contributed by atoms with E-state index in [0.717, 1.165) is 37.2 Å². The highest BCUT2D eigenvalue weighted by atomic mass is 32.2. The molecule has 0 saturated heterocycles. The van der Waals surface area contributed by atoms with Crippen LogP contribution in [-0.2, 0) is 30.8 Å². The van der Waals surface area contributed by atoms with Crippen LogP contribution in [0, 0.1) is 0 Å². The molecule has 0 fully saturated rings. The number of ether oxygens (including phenoxy) is 1. The lowest BCUT2D eigenvalue weighted by Crippen LogP contribution is -2.36. The summed E-state index contributed by atoms with van der Waals surface area (Å²) < 4.78 is 7.86. The molecule has 0 N–H and O–H groups in total. The zero-order valence-corrected chi connectivity index (χ0v) is 19.2. The molecule has 6 nitrogen and oxygen atoms in total. The maximum atomic E-state index is 13.0. The summed E-state index contributed by atoms with van der Waals surface area (Å²) in [5.41, 5.74) is 3.53. The second-order valence-electron chi connectivity index (χ2n) is 7.65. The SMILES string of the molecule is C=CCn1c(COc2ccc(CC)cc2)nnc1SCC(=O)N1CCCc2ccccc21. The van der Waals surface area contributed by atoms with E-state index in [1.165, 1.54) is 22.9 Å². The minimum absolute atomic E-state index is 0.0871. The Morgan fingerprint density at radius 1 is 1.19 bits per heavy atom. The van der Waals surface area contributed by atoms with E-state index in [4.69, 9.17) is 4.74 Å². The van der Waals surface area contributed by atoms with Crippen molar-refractivity contribution in [2.45, 2.75) is 44.5 Å². The van der Waals surface area contributed by atoms with Crippen molar-refractivity contribution in [3.8, 4) is 5.75 Å². The van der Waals surface area contributed by atoms with Crippen LogP contribution in [0.2, 0.25) is 0 Å². The van der Waals surface area contributed by atoms with Gasteiger partial charge in [0.2, 0.25) is 5.91 Å². The van der Waals surface area contributed by atoms with Gasteiger partial charge in [0.15, 0.2) is 11.0 Å². The third kappa shape index (κ3) is 5.05. The lowest BCUT2D eigenvalue weighted by atomic mass is 10.0. The number of nitrogens with zero attached hydrogens (tertiary/aromatic N) is 4. The number of carbonyl (C=O) groups excluding carboxylic acids is 1. The van der Waals surface area contributed by atoms with Crippen molar-refractivity contribution in [2.75, 3.05) is 17.2 Å². The van der Waals surface area contributed by atoms with Gasteiger partial charge in [-0.2, -0.15) is 0 Å². The quantitative estimate of drug-likeness (QED) is 0.351. The molecule has 0 unspecified atom stereocenters. The minimum atomic E-state index is 0.0871. The van der Waals surface area contributed by atoms with Gasteiger partial charge in [-0.1, -0.05) is 55.1 Å². The second-order valence-corrected chi connectivity index (χ2v) is 8.59. The van der Waals surface area contributed by atoms with E-state index in [1.54, 1.807) is 6.08 Å². The molecule has 7 heteroatoms. The lowest BCUT2D eigenvalue weighted by molar-refractivity contribution is -0.116. The third-order valence-corrected chi connectivity index (χ3v) is 6.49. The van der Waals surface area contributed by atoms with Gasteiger partial charge in [0, 0.05) is 18.8 Å². The van der Waals surface area contributed by atoms with E-state index in [2.05, 4.69) is 41.9 Å². The summed E-state index contributed by atoms with van der Waals surface area (Å²) >= 11 is 1.41. The van der Waals surface area contributed by atoms with Crippen molar-refractivity contribution in [3.63, 3.8) is 0 Å². The molecular weight excluding hydrogens is 420 g/mol. The van der Waals surface area contributed by atoms with Gasteiger partial charge in [-0.3, -0.25) is 9.36 Å². The van der Waals surface area contributed by atoms with Crippen LogP contribution in [0.5, 0.6) is 5.75 Å². The summed E-state index contributed by atoms with van der Waals surface area (Å²) in [5.74, 6) is 1.90. The number of aryl methyl sites for hydroxylation is 2. The Morgan fingerprint density at radius 2 is 2.00 bits per heavy atom. The zero-order chi connectivity index (χ0) is 22.3. The topological polar surface area (TPSA) is 60.2 Å². The van der Waals surface area contributed by atoms with Crippen molar-refractivity contribution < 1.29 is 9.53 Å². The lowest BCUT2D eigenvalue weighted by Gasteiger charge is -2.29. The fraction of sp³-hybridized carbons (Fsp3) is 0.320. The zero-order valence-electron chi connectivity index (χ0n) is 18.4. The number of aromatic nitrogens is 3.